The molecule has 1 aliphatic carbocycles. The average Bonchev–Trinajstić information content (AvgIpc) is 1.56. The molecule has 0 unspecified atom stereocenters. The van der Waals surface area contributed by atoms with Crippen LogP contribution in [0.25, 0.3) is 33.4 Å². The Balaban J connectivity index is 0.922. The summed E-state index contributed by atoms with van der Waals surface area (Å²) in [5.74, 6) is 1.07. The van der Waals surface area contributed by atoms with Crippen LogP contribution in [-0.4, -0.2) is 336 Å². The lowest BCUT2D eigenvalue weighted by molar-refractivity contribution is -0.0281. The molecule has 27 nitrogen and oxygen atoms in total. The monoisotopic (exact) mass is 1530 g/mol. The Bertz CT molecular complexity index is 2570. The van der Waals surface area contributed by atoms with Crippen LogP contribution in [0.4, 0.5) is 0 Å². The van der Waals surface area contributed by atoms with Crippen molar-refractivity contribution in [2.75, 3.05) is 331 Å². The number of unbranched alkanes of at least 4 members (excludes halogenated alkanes) is 1. The van der Waals surface area contributed by atoms with Gasteiger partial charge >= 0.3 is 0 Å². The number of nitrogens with two attached hydrogens (primary N) is 1. The molecule has 0 spiro atoms. The first-order valence-corrected chi connectivity index (χ1v) is 38.8. The zero-order chi connectivity index (χ0) is 76.0. The van der Waals surface area contributed by atoms with Crippen molar-refractivity contribution in [3.63, 3.8) is 0 Å². The van der Waals surface area contributed by atoms with Gasteiger partial charge in [0, 0.05) is 32.8 Å². The molecule has 4 aromatic rings. The highest BCUT2D eigenvalue weighted by molar-refractivity contribution is 5.86. The predicted molar refractivity (Wildman–Crippen MR) is 409 cm³/mol. The maximum Gasteiger partial charge on any atom is 0.119 e. The smallest absolute Gasteiger partial charge is 0.119 e. The van der Waals surface area contributed by atoms with Crippen molar-refractivity contribution in [3.8, 4) is 44.9 Å². The van der Waals surface area contributed by atoms with E-state index in [-0.39, 0.29) is 11.2 Å². The summed E-state index contributed by atoms with van der Waals surface area (Å²) in [6.45, 7) is 24.1. The normalized spacial score (nSPS) is 12.4. The number of ether oxygens (including phenoxy) is 25. The molecule has 0 amide bonds. The Hall–Kier alpha value is -4.52. The number of rotatable bonds is 81. The first-order valence-electron chi connectivity index (χ1n) is 38.8. The van der Waals surface area contributed by atoms with Gasteiger partial charge in [0.05, 0.1) is 297 Å². The zero-order valence-electron chi connectivity index (χ0n) is 65.0. The first kappa shape index (κ1) is 94.1. The number of hydrogen-bond acceptors (Lipinski definition) is 27. The van der Waals surface area contributed by atoms with E-state index in [1.54, 1.807) is 26.4 Å². The fourth-order valence-corrected chi connectivity index (χ4v) is 11.2. The molecule has 108 heavy (non-hydrogen) atoms. The molecule has 0 bridgehead atoms. The summed E-state index contributed by atoms with van der Waals surface area (Å²) in [5.41, 5.74) is 14.8. The SMILES string of the molecule is COCCOCCOCCOCCOCCOCCOCCOCCOCCOCCOCCOCCCC1(CCCOCCOCCOCCOCCOCCOCCOCCOCCOCCOCCOCCOC)c2cc(-c3ccc(O)cc3)ccc2-c2ccc(-c3ccc(OCCCCN)cc3)cc21. The van der Waals surface area contributed by atoms with Crippen molar-refractivity contribution in [2.24, 2.45) is 5.73 Å². The Kier molecular flexibility index (Phi) is 59.3. The topological polar surface area (TPSA) is 277 Å². The van der Waals surface area contributed by atoms with Gasteiger partial charge in [-0.2, -0.15) is 0 Å². The van der Waals surface area contributed by atoms with E-state index in [9.17, 15) is 5.11 Å². The molecule has 5 rings (SSSR count). The van der Waals surface area contributed by atoms with Crippen molar-refractivity contribution < 1.29 is 124 Å². The molecule has 3 N–H and O–H groups in total. The van der Waals surface area contributed by atoms with Gasteiger partial charge in [0.25, 0.3) is 0 Å². The fourth-order valence-electron chi connectivity index (χ4n) is 11.2. The van der Waals surface area contributed by atoms with Crippen LogP contribution in [0.2, 0.25) is 0 Å². The first-order chi connectivity index (χ1) is 53.6. The summed E-state index contributed by atoms with van der Waals surface area (Å²) in [6, 6.07) is 29.5. The largest absolute Gasteiger partial charge is 0.508 e. The van der Waals surface area contributed by atoms with E-state index in [0.717, 1.165) is 66.5 Å². The molecule has 0 aliphatic heterocycles. The third-order valence-electron chi connectivity index (χ3n) is 16.7. The molecular weight excluding hydrogens is 1400 g/mol. The van der Waals surface area contributed by atoms with Crippen LogP contribution in [0.15, 0.2) is 84.9 Å². The van der Waals surface area contributed by atoms with Gasteiger partial charge in [-0.1, -0.05) is 48.5 Å². The second kappa shape index (κ2) is 68.1. The van der Waals surface area contributed by atoms with Gasteiger partial charge in [-0.05, 0) is 126 Å². The van der Waals surface area contributed by atoms with E-state index in [1.165, 1.54) is 22.3 Å². The van der Waals surface area contributed by atoms with E-state index >= 15 is 0 Å². The quantitative estimate of drug-likeness (QED) is 0.0393. The summed E-state index contributed by atoms with van der Waals surface area (Å²) in [5, 5.41) is 10.2. The highest BCUT2D eigenvalue weighted by Crippen LogP contribution is 2.55. The van der Waals surface area contributed by atoms with E-state index in [1.807, 2.05) is 12.1 Å². The number of phenolic OH excluding ortho intramolecular Hbond substituents is 1. The van der Waals surface area contributed by atoms with Crippen LogP contribution in [0.3, 0.4) is 0 Å². The average molecular weight is 1530 g/mol. The van der Waals surface area contributed by atoms with Gasteiger partial charge < -0.3 is 129 Å². The Labute approximate surface area is 642 Å². The minimum absolute atomic E-state index is 0.231. The van der Waals surface area contributed by atoms with Crippen LogP contribution in [0.1, 0.15) is 49.7 Å². The summed E-state index contributed by atoms with van der Waals surface area (Å²) < 4.78 is 140. The molecule has 616 valence electrons. The number of hydrogen-bond donors (Lipinski definition) is 2. The van der Waals surface area contributed by atoms with Crippen molar-refractivity contribution in [1.82, 2.24) is 0 Å². The highest BCUT2D eigenvalue weighted by atomic mass is 16.6. The third kappa shape index (κ3) is 45.9. The molecule has 0 saturated heterocycles. The van der Waals surface area contributed by atoms with Crippen molar-refractivity contribution in [3.05, 3.63) is 96.1 Å². The maximum atomic E-state index is 10.2. The number of fused-ring (bicyclic) bond motifs is 3. The van der Waals surface area contributed by atoms with E-state index < -0.39 is 0 Å². The molecule has 0 radical (unpaired) electrons. The number of phenols is 1. The highest BCUT2D eigenvalue weighted by Gasteiger charge is 2.43. The lowest BCUT2D eigenvalue weighted by Crippen LogP contribution is -2.27. The molecule has 0 aromatic heterocycles. The van der Waals surface area contributed by atoms with Gasteiger partial charge in [0.2, 0.25) is 0 Å². The summed E-state index contributed by atoms with van der Waals surface area (Å²) >= 11 is 0. The fraction of sp³-hybridized carbons (Fsp3) is 0.704. The Morgan fingerprint density at radius 1 is 0.241 bits per heavy atom. The minimum Gasteiger partial charge on any atom is -0.508 e. The van der Waals surface area contributed by atoms with Crippen LogP contribution < -0.4 is 10.5 Å². The summed E-state index contributed by atoms with van der Waals surface area (Å²) in [6.07, 6.45) is 5.17. The third-order valence-corrected chi connectivity index (χ3v) is 16.7. The molecule has 0 saturated carbocycles. The molecule has 0 heterocycles. The number of methoxy groups -OCH3 is 2. The van der Waals surface area contributed by atoms with Crippen molar-refractivity contribution >= 4 is 0 Å². The van der Waals surface area contributed by atoms with Crippen molar-refractivity contribution in [2.45, 2.75) is 43.9 Å². The second-order valence-electron chi connectivity index (χ2n) is 24.7. The van der Waals surface area contributed by atoms with Crippen LogP contribution in [0, 0.1) is 0 Å². The zero-order valence-corrected chi connectivity index (χ0v) is 65.0. The lowest BCUT2D eigenvalue weighted by atomic mass is 9.70. The van der Waals surface area contributed by atoms with Gasteiger partial charge in [-0.3, -0.25) is 0 Å². The van der Waals surface area contributed by atoms with Crippen molar-refractivity contribution in [1.29, 1.82) is 0 Å². The van der Waals surface area contributed by atoms with Gasteiger partial charge in [-0.25, -0.2) is 0 Å². The van der Waals surface area contributed by atoms with Gasteiger partial charge in [0.1, 0.15) is 11.5 Å². The standard InChI is InChI=1S/C81H131NO26/c1-84-25-27-88-33-35-92-41-43-96-49-51-100-57-59-104-65-67-106-63-61-102-55-53-98-47-45-94-39-37-90-31-29-86-22-5-19-81(79-69-73(71-7-13-75(83)14-8-71)11-17-77(79)78-18-12-74(70-80(78)81)72-9-15-76(16-10-72)108-24-4-3-21-82)20-6-23-87-30-32-91-38-40-95-46-48-99-54-56-103-62-64-107-68-66-105-60-58-101-52-50-97-44-42-93-36-34-89-28-26-85-2/h7-18,69-70,83H,3-6,19-68,82H2,1-2H3. The minimum atomic E-state index is -0.361. The Morgan fingerprint density at radius 2 is 0.463 bits per heavy atom. The van der Waals surface area contributed by atoms with Gasteiger partial charge in [-0.15, -0.1) is 0 Å². The Morgan fingerprint density at radius 3 is 0.704 bits per heavy atom. The van der Waals surface area contributed by atoms with E-state index in [2.05, 4.69) is 60.7 Å². The molecular formula is C81H131NO26. The molecule has 0 fully saturated rings. The number of benzene rings is 4. The summed E-state index contributed by atoms with van der Waals surface area (Å²) in [4.78, 5) is 0. The van der Waals surface area contributed by atoms with E-state index in [0.29, 0.717) is 317 Å². The van der Waals surface area contributed by atoms with Gasteiger partial charge in [0.15, 0.2) is 0 Å². The van der Waals surface area contributed by atoms with Crippen LogP contribution >= 0.6 is 0 Å². The van der Waals surface area contributed by atoms with E-state index in [4.69, 9.17) is 124 Å². The summed E-state index contributed by atoms with van der Waals surface area (Å²) in [7, 11) is 3.29. The molecule has 1 aliphatic rings. The predicted octanol–water partition coefficient (Wildman–Crippen LogP) is 8.33. The van der Waals surface area contributed by atoms with Crippen LogP contribution in [-0.2, 0) is 119 Å². The van der Waals surface area contributed by atoms with Crippen LogP contribution in [0.5, 0.6) is 11.5 Å². The second-order valence-corrected chi connectivity index (χ2v) is 24.7. The number of aromatic hydroxyl groups is 1. The lowest BCUT2D eigenvalue weighted by Gasteiger charge is -2.33. The maximum absolute atomic E-state index is 10.2. The molecule has 4 aromatic carbocycles. The molecule has 0 atom stereocenters. The molecule has 27 heteroatoms.